The van der Waals surface area contributed by atoms with E-state index in [0.717, 1.165) is 11.0 Å². The van der Waals surface area contributed by atoms with Gasteiger partial charge in [0, 0.05) is 18.0 Å². The van der Waals surface area contributed by atoms with Crippen LogP contribution in [0.25, 0.3) is 0 Å². The molecule has 2 fully saturated rings. The molecule has 2 aliphatic carbocycles. The molecule has 3 aliphatic rings. The summed E-state index contributed by atoms with van der Waals surface area (Å²) < 4.78 is 140. The van der Waals surface area contributed by atoms with Gasteiger partial charge in [0.25, 0.3) is 5.91 Å². The number of amides is 1. The maximum absolute atomic E-state index is 16.2. The monoisotopic (exact) mass is 665 g/mol. The molecular formula is C31H31F8NO4S. The zero-order valence-electron chi connectivity index (χ0n) is 24.4. The Bertz CT molecular complexity index is 1610. The number of hydrogen-bond donors (Lipinski definition) is 0. The molecule has 5 nitrogen and oxygen atoms in total. The van der Waals surface area contributed by atoms with Crippen LogP contribution in [0.3, 0.4) is 0 Å². The number of aryl methyl sites for hydroxylation is 2. The van der Waals surface area contributed by atoms with E-state index in [9.17, 15) is 44.3 Å². The van der Waals surface area contributed by atoms with Crippen molar-refractivity contribution in [2.75, 3.05) is 6.54 Å². The van der Waals surface area contributed by atoms with Gasteiger partial charge in [-0.05, 0) is 87.6 Å². The molecule has 2 aromatic carbocycles. The number of Topliss-reactive ketones (excluding diaryl/α,β-unsaturated/α-hetero) is 1. The van der Waals surface area contributed by atoms with Crippen molar-refractivity contribution in [2.24, 2.45) is 5.92 Å². The first kappa shape index (κ1) is 33.3. The molecule has 1 saturated heterocycles. The van der Waals surface area contributed by atoms with E-state index in [4.69, 9.17) is 0 Å². The third kappa shape index (κ3) is 4.96. The Balaban J connectivity index is 1.65. The summed E-state index contributed by atoms with van der Waals surface area (Å²) in [6.07, 6.45) is -13.9. The van der Waals surface area contributed by atoms with Crippen LogP contribution in [-0.2, 0) is 36.3 Å². The normalized spacial score (nSPS) is 27.6. The number of ketones is 1. The van der Waals surface area contributed by atoms with E-state index >= 15 is 8.78 Å². The molecule has 1 amide bonds. The largest absolute Gasteiger partial charge is 0.435 e. The summed E-state index contributed by atoms with van der Waals surface area (Å²) in [6.45, 7) is 2.75. The minimum Gasteiger partial charge on any atom is -0.335 e. The summed E-state index contributed by atoms with van der Waals surface area (Å²) in [6, 6.07) is 5.99. The lowest BCUT2D eigenvalue weighted by Gasteiger charge is -2.44. The maximum atomic E-state index is 16.2. The number of carbonyl (C=O) groups excluding carboxylic acids is 2. The van der Waals surface area contributed by atoms with Crippen LogP contribution >= 0.6 is 0 Å². The summed E-state index contributed by atoms with van der Waals surface area (Å²) >= 11 is 0. The van der Waals surface area contributed by atoms with Gasteiger partial charge in [-0.2, -0.15) is 26.3 Å². The topological polar surface area (TPSA) is 71.5 Å². The van der Waals surface area contributed by atoms with Crippen LogP contribution in [0.1, 0.15) is 67.7 Å². The van der Waals surface area contributed by atoms with Crippen LogP contribution in [0, 0.1) is 12.8 Å². The standard InChI is InChI=1S/C31H31F8NO4S/c1-18-4-3-5-23(16-18)45(43,44)28-14-15-40(26(42)27(32)12-10-20(11-13-27)19(2)41)25(28)9-6-21-17-22(7-8-24(21)28)29(33,30(34,35)36)31(37,38)39/h3-5,7-8,16-17,20,25H,6,9-15H2,1-2H3. The van der Waals surface area contributed by atoms with Crippen molar-refractivity contribution in [2.45, 2.75) is 98.2 Å². The van der Waals surface area contributed by atoms with Gasteiger partial charge in [0.15, 0.2) is 15.5 Å². The third-order valence-corrected chi connectivity index (χ3v) is 12.4. The summed E-state index contributed by atoms with van der Waals surface area (Å²) in [4.78, 5) is 26.6. The molecule has 0 bridgehead atoms. The maximum Gasteiger partial charge on any atom is 0.435 e. The van der Waals surface area contributed by atoms with E-state index in [1.807, 2.05) is 0 Å². The van der Waals surface area contributed by atoms with E-state index in [0.29, 0.717) is 17.7 Å². The number of fused-ring (bicyclic) bond motifs is 3. The van der Waals surface area contributed by atoms with Gasteiger partial charge in [-0.25, -0.2) is 17.2 Å². The molecule has 0 spiro atoms. The van der Waals surface area contributed by atoms with E-state index in [-0.39, 0.29) is 73.3 Å². The Kier molecular flexibility index (Phi) is 7.98. The lowest BCUT2D eigenvalue weighted by atomic mass is 9.75. The van der Waals surface area contributed by atoms with Crippen LogP contribution in [0.2, 0.25) is 0 Å². The molecule has 0 radical (unpaired) electrons. The van der Waals surface area contributed by atoms with Gasteiger partial charge in [0.1, 0.15) is 10.5 Å². The van der Waals surface area contributed by atoms with Gasteiger partial charge >= 0.3 is 18.0 Å². The molecule has 246 valence electrons. The smallest absolute Gasteiger partial charge is 0.335 e. The Labute approximate surface area is 254 Å². The Morgan fingerprint density at radius 3 is 2.07 bits per heavy atom. The van der Waals surface area contributed by atoms with Gasteiger partial charge in [0.05, 0.1) is 10.9 Å². The summed E-state index contributed by atoms with van der Waals surface area (Å²) in [5.41, 5.74) is -9.68. The van der Waals surface area contributed by atoms with Crippen molar-refractivity contribution in [3.05, 3.63) is 64.7 Å². The number of halogens is 8. The highest BCUT2D eigenvalue weighted by Gasteiger charge is 2.74. The van der Waals surface area contributed by atoms with Gasteiger partial charge in [-0.3, -0.25) is 9.59 Å². The zero-order valence-corrected chi connectivity index (χ0v) is 25.2. The molecule has 1 saturated carbocycles. The van der Waals surface area contributed by atoms with Crippen molar-refractivity contribution in [1.82, 2.24) is 4.90 Å². The molecule has 1 aliphatic heterocycles. The molecular weight excluding hydrogens is 634 g/mol. The van der Waals surface area contributed by atoms with Crippen molar-refractivity contribution >= 4 is 21.5 Å². The van der Waals surface area contributed by atoms with Crippen molar-refractivity contribution in [3.63, 3.8) is 0 Å². The molecule has 2 aromatic rings. The number of nitrogens with zero attached hydrogens (tertiary/aromatic N) is 1. The van der Waals surface area contributed by atoms with Crippen molar-refractivity contribution in [1.29, 1.82) is 0 Å². The molecule has 5 rings (SSSR count). The third-order valence-electron chi connectivity index (χ3n) is 9.84. The van der Waals surface area contributed by atoms with Gasteiger partial charge in [0.2, 0.25) is 0 Å². The van der Waals surface area contributed by atoms with E-state index in [2.05, 4.69) is 0 Å². The number of sulfone groups is 1. The zero-order chi connectivity index (χ0) is 33.4. The number of benzene rings is 2. The molecule has 2 atom stereocenters. The van der Waals surface area contributed by atoms with Crippen LogP contribution in [0.4, 0.5) is 35.1 Å². The predicted octanol–water partition coefficient (Wildman–Crippen LogP) is 6.99. The van der Waals surface area contributed by atoms with Crippen LogP contribution in [-0.4, -0.2) is 55.6 Å². The SMILES string of the molecule is CC(=O)C1CCC(F)(C(=O)N2CCC3(S(=O)(=O)c4cccc(C)c4)c4ccc(C(F)(C(F)(F)F)C(F)(F)F)cc4CCC23)CC1. The Morgan fingerprint density at radius 1 is 0.889 bits per heavy atom. The quantitative estimate of drug-likeness (QED) is 0.323. The second-order valence-corrected chi connectivity index (χ2v) is 14.6. The fourth-order valence-electron chi connectivity index (χ4n) is 7.42. The number of rotatable bonds is 5. The highest BCUT2D eigenvalue weighted by Crippen LogP contribution is 2.57. The molecule has 14 heteroatoms. The van der Waals surface area contributed by atoms with Crippen molar-refractivity contribution in [3.8, 4) is 0 Å². The number of alkyl halides is 8. The molecule has 2 unspecified atom stereocenters. The van der Waals surface area contributed by atoms with E-state index in [1.54, 1.807) is 13.0 Å². The minimum absolute atomic E-state index is 0.123. The first-order chi connectivity index (χ1) is 20.7. The molecule has 0 aromatic heterocycles. The number of hydrogen-bond acceptors (Lipinski definition) is 4. The lowest BCUT2D eigenvalue weighted by molar-refractivity contribution is -0.348. The number of carbonyl (C=O) groups is 2. The fourth-order valence-corrected chi connectivity index (χ4v) is 9.89. The van der Waals surface area contributed by atoms with Gasteiger partial charge in [-0.1, -0.05) is 30.3 Å². The minimum atomic E-state index is -6.37. The first-order valence-corrected chi connectivity index (χ1v) is 16.0. The average molecular weight is 666 g/mol. The van der Waals surface area contributed by atoms with E-state index in [1.165, 1.54) is 25.1 Å². The van der Waals surface area contributed by atoms with Gasteiger partial charge in [-0.15, -0.1) is 0 Å². The number of likely N-dealkylation sites (tertiary alicyclic amines) is 1. The molecule has 1 heterocycles. The first-order valence-electron chi connectivity index (χ1n) is 14.5. The summed E-state index contributed by atoms with van der Waals surface area (Å²) in [7, 11) is -4.54. The highest BCUT2D eigenvalue weighted by atomic mass is 32.2. The van der Waals surface area contributed by atoms with Gasteiger partial charge < -0.3 is 4.90 Å². The Morgan fingerprint density at radius 2 is 1.51 bits per heavy atom. The highest BCUT2D eigenvalue weighted by molar-refractivity contribution is 7.92. The summed E-state index contributed by atoms with van der Waals surface area (Å²) in [5.74, 6) is -1.51. The predicted molar refractivity (Wildman–Crippen MR) is 146 cm³/mol. The fraction of sp³-hybridized carbons (Fsp3) is 0.548. The van der Waals surface area contributed by atoms with Crippen LogP contribution in [0.5, 0.6) is 0 Å². The second-order valence-electron chi connectivity index (χ2n) is 12.4. The van der Waals surface area contributed by atoms with E-state index < -0.39 is 61.7 Å². The summed E-state index contributed by atoms with van der Waals surface area (Å²) in [5, 5.41) is 0. The Hall–Kier alpha value is -3.03. The van der Waals surface area contributed by atoms with Crippen LogP contribution in [0.15, 0.2) is 47.4 Å². The van der Waals surface area contributed by atoms with Crippen molar-refractivity contribution < 1.29 is 53.1 Å². The second kappa shape index (κ2) is 10.8. The molecule has 0 N–H and O–H groups in total. The lowest BCUT2D eigenvalue weighted by Crippen LogP contribution is -2.56. The average Bonchev–Trinajstić information content (AvgIpc) is 3.36. The molecule has 45 heavy (non-hydrogen) atoms. The van der Waals surface area contributed by atoms with Crippen LogP contribution < -0.4 is 0 Å².